The van der Waals surface area contributed by atoms with E-state index in [4.69, 9.17) is 9.47 Å². The Morgan fingerprint density at radius 2 is 1.71 bits per heavy atom. The van der Waals surface area contributed by atoms with Crippen molar-refractivity contribution in [3.05, 3.63) is 69.8 Å². The van der Waals surface area contributed by atoms with E-state index in [2.05, 4.69) is 17.4 Å². The molecule has 0 atom stereocenters. The first-order valence-corrected chi connectivity index (χ1v) is 8.03. The van der Waals surface area contributed by atoms with Crippen molar-refractivity contribution >= 4 is 0 Å². The second-order valence-electron chi connectivity index (χ2n) is 6.03. The van der Waals surface area contributed by atoms with Crippen molar-refractivity contribution in [3.63, 3.8) is 0 Å². The van der Waals surface area contributed by atoms with Crippen LogP contribution in [0.1, 0.15) is 34.1 Å². The molecule has 1 aliphatic heterocycles. The highest BCUT2D eigenvalue weighted by molar-refractivity contribution is 5.38. The molecule has 2 aromatic rings. The van der Waals surface area contributed by atoms with Crippen molar-refractivity contribution in [3.8, 4) is 0 Å². The molecular weight excluding hydrogens is 312 g/mol. The Morgan fingerprint density at radius 3 is 2.46 bits per heavy atom. The lowest BCUT2D eigenvalue weighted by Gasteiger charge is -2.16. The van der Waals surface area contributed by atoms with E-state index in [-0.39, 0.29) is 12.8 Å². The third-order valence-electron chi connectivity index (χ3n) is 4.26. The third kappa shape index (κ3) is 3.64. The zero-order valence-corrected chi connectivity index (χ0v) is 13.9. The number of hydrogen-bond acceptors (Lipinski definition) is 3. The molecule has 0 radical (unpaired) electrons. The van der Waals surface area contributed by atoms with E-state index < -0.39 is 11.6 Å². The van der Waals surface area contributed by atoms with Crippen LogP contribution in [0.4, 0.5) is 8.78 Å². The van der Waals surface area contributed by atoms with Gasteiger partial charge in [-0.2, -0.15) is 0 Å². The fourth-order valence-electron chi connectivity index (χ4n) is 2.90. The van der Waals surface area contributed by atoms with Gasteiger partial charge in [-0.05, 0) is 36.6 Å². The molecule has 0 aromatic heterocycles. The van der Waals surface area contributed by atoms with Gasteiger partial charge in [-0.25, -0.2) is 8.78 Å². The summed E-state index contributed by atoms with van der Waals surface area (Å²) in [4.78, 5) is 0. The minimum Gasteiger partial charge on any atom is -0.346 e. The van der Waals surface area contributed by atoms with Gasteiger partial charge in [0.1, 0.15) is 0 Å². The molecule has 1 aliphatic rings. The van der Waals surface area contributed by atoms with E-state index in [1.54, 1.807) is 6.07 Å². The Morgan fingerprint density at radius 1 is 1.00 bits per heavy atom. The molecule has 1 saturated heterocycles. The molecule has 2 aromatic carbocycles. The second-order valence-corrected chi connectivity index (χ2v) is 6.03. The van der Waals surface area contributed by atoms with Gasteiger partial charge in [0.15, 0.2) is 17.9 Å². The first kappa shape index (κ1) is 17.0. The van der Waals surface area contributed by atoms with Crippen LogP contribution in [0.15, 0.2) is 30.3 Å². The van der Waals surface area contributed by atoms with Crippen LogP contribution in [0.2, 0.25) is 0 Å². The van der Waals surface area contributed by atoms with E-state index >= 15 is 0 Å². The molecule has 0 bridgehead atoms. The standard InChI is InChI=1S/C19H21F2NO2/c1-12-9-16(19-23-6-7-24-19)13(2)8-15(12)11-22-10-14-4-3-5-17(20)18(14)21/h3-5,8-9,19,22H,6-7,10-11H2,1-2H3. The van der Waals surface area contributed by atoms with Gasteiger partial charge in [0.05, 0.1) is 13.2 Å². The Bertz CT molecular complexity index is 728. The molecule has 3 rings (SSSR count). The van der Waals surface area contributed by atoms with Crippen LogP contribution in [0.3, 0.4) is 0 Å². The molecule has 0 spiro atoms. The van der Waals surface area contributed by atoms with Gasteiger partial charge in [-0.3, -0.25) is 0 Å². The lowest BCUT2D eigenvalue weighted by atomic mass is 9.99. The van der Waals surface area contributed by atoms with Crippen LogP contribution in [0.25, 0.3) is 0 Å². The molecular formula is C19H21F2NO2. The minimum absolute atomic E-state index is 0.276. The number of ether oxygens (including phenoxy) is 2. The highest BCUT2D eigenvalue weighted by Gasteiger charge is 2.21. The maximum atomic E-state index is 13.7. The highest BCUT2D eigenvalue weighted by Crippen LogP contribution is 2.28. The SMILES string of the molecule is Cc1cc(C2OCCO2)c(C)cc1CNCc1cccc(F)c1F. The van der Waals surface area contributed by atoms with Crippen LogP contribution in [-0.2, 0) is 22.6 Å². The van der Waals surface area contributed by atoms with Crippen molar-refractivity contribution in [2.24, 2.45) is 0 Å². The summed E-state index contributed by atoms with van der Waals surface area (Å²) in [5.74, 6) is -1.61. The first-order valence-electron chi connectivity index (χ1n) is 8.03. The lowest BCUT2D eigenvalue weighted by Crippen LogP contribution is -2.15. The number of nitrogens with one attached hydrogen (secondary N) is 1. The summed E-state index contributed by atoms with van der Waals surface area (Å²) < 4.78 is 38.0. The van der Waals surface area contributed by atoms with Gasteiger partial charge in [0.25, 0.3) is 0 Å². The van der Waals surface area contributed by atoms with Gasteiger partial charge in [-0.15, -0.1) is 0 Å². The molecule has 24 heavy (non-hydrogen) atoms. The zero-order valence-electron chi connectivity index (χ0n) is 13.9. The van der Waals surface area contributed by atoms with E-state index in [1.165, 1.54) is 6.07 Å². The van der Waals surface area contributed by atoms with Crippen LogP contribution in [0, 0.1) is 25.5 Å². The predicted molar refractivity (Wildman–Crippen MR) is 87.5 cm³/mol. The molecule has 3 nitrogen and oxygen atoms in total. The molecule has 0 aliphatic carbocycles. The van der Waals surface area contributed by atoms with Crippen molar-refractivity contribution in [1.29, 1.82) is 0 Å². The van der Waals surface area contributed by atoms with Crippen LogP contribution in [0.5, 0.6) is 0 Å². The first-order chi connectivity index (χ1) is 11.6. The van der Waals surface area contributed by atoms with Crippen molar-refractivity contribution in [1.82, 2.24) is 5.32 Å². The monoisotopic (exact) mass is 333 g/mol. The molecule has 1 fully saturated rings. The molecule has 1 heterocycles. The summed E-state index contributed by atoms with van der Waals surface area (Å²) in [5, 5.41) is 3.17. The van der Waals surface area contributed by atoms with Crippen LogP contribution in [-0.4, -0.2) is 13.2 Å². The quantitative estimate of drug-likeness (QED) is 0.900. The zero-order chi connectivity index (χ0) is 17.1. The largest absolute Gasteiger partial charge is 0.346 e. The molecule has 5 heteroatoms. The minimum atomic E-state index is -0.817. The van der Waals surface area contributed by atoms with Crippen molar-refractivity contribution < 1.29 is 18.3 Å². The summed E-state index contributed by atoms with van der Waals surface area (Å²) in [5.41, 5.74) is 4.70. The fraction of sp³-hybridized carbons (Fsp3) is 0.368. The smallest absolute Gasteiger partial charge is 0.184 e. The van der Waals surface area contributed by atoms with Crippen molar-refractivity contribution in [2.45, 2.75) is 33.2 Å². The fourth-order valence-corrected chi connectivity index (χ4v) is 2.90. The number of aryl methyl sites for hydroxylation is 2. The number of halogens is 2. The Hall–Kier alpha value is -1.82. The predicted octanol–water partition coefficient (Wildman–Crippen LogP) is 3.92. The number of benzene rings is 2. The van der Waals surface area contributed by atoms with Crippen molar-refractivity contribution in [2.75, 3.05) is 13.2 Å². The lowest BCUT2D eigenvalue weighted by molar-refractivity contribution is -0.0445. The molecule has 0 amide bonds. The summed E-state index contributed by atoms with van der Waals surface area (Å²) in [7, 11) is 0. The molecule has 128 valence electrons. The molecule has 0 unspecified atom stereocenters. The van der Waals surface area contributed by atoms with Crippen LogP contribution < -0.4 is 5.32 Å². The maximum Gasteiger partial charge on any atom is 0.184 e. The highest BCUT2D eigenvalue weighted by atomic mass is 19.2. The van der Waals surface area contributed by atoms with E-state index in [9.17, 15) is 8.78 Å². The Balaban J connectivity index is 1.67. The van der Waals surface area contributed by atoms with E-state index in [0.29, 0.717) is 25.3 Å². The Labute approximate surface area is 140 Å². The average Bonchev–Trinajstić information content (AvgIpc) is 3.08. The second kappa shape index (κ2) is 7.38. The van der Waals surface area contributed by atoms with E-state index in [0.717, 1.165) is 28.3 Å². The van der Waals surface area contributed by atoms with Gasteiger partial charge < -0.3 is 14.8 Å². The van der Waals surface area contributed by atoms with Gasteiger partial charge in [-0.1, -0.05) is 24.3 Å². The van der Waals surface area contributed by atoms with Gasteiger partial charge in [0, 0.05) is 24.2 Å². The topological polar surface area (TPSA) is 30.5 Å². The normalized spacial score (nSPS) is 15.2. The summed E-state index contributed by atoms with van der Waals surface area (Å²) in [6.07, 6.45) is -0.285. The number of hydrogen-bond donors (Lipinski definition) is 1. The van der Waals surface area contributed by atoms with Gasteiger partial charge in [0.2, 0.25) is 0 Å². The Kier molecular flexibility index (Phi) is 5.23. The summed E-state index contributed by atoms with van der Waals surface area (Å²) >= 11 is 0. The average molecular weight is 333 g/mol. The summed E-state index contributed by atoms with van der Waals surface area (Å²) in [6.45, 7) is 6.14. The maximum absolute atomic E-state index is 13.7. The number of rotatable bonds is 5. The van der Waals surface area contributed by atoms with Crippen LogP contribution >= 0.6 is 0 Å². The molecule has 0 saturated carbocycles. The van der Waals surface area contributed by atoms with Gasteiger partial charge >= 0.3 is 0 Å². The van der Waals surface area contributed by atoms with E-state index in [1.807, 2.05) is 13.8 Å². The third-order valence-corrected chi connectivity index (χ3v) is 4.26. The summed E-state index contributed by atoms with van der Waals surface area (Å²) in [6, 6.07) is 8.39. The molecule has 1 N–H and O–H groups in total.